The molecule has 0 saturated carbocycles. The molecular weight excluding hydrogens is 252 g/mol. The van der Waals surface area contributed by atoms with Gasteiger partial charge < -0.3 is 15.1 Å². The van der Waals surface area contributed by atoms with Gasteiger partial charge in [0.15, 0.2) is 0 Å². The van der Waals surface area contributed by atoms with Crippen molar-refractivity contribution in [3.63, 3.8) is 0 Å². The van der Waals surface area contributed by atoms with Gasteiger partial charge in [-0.25, -0.2) is 0 Å². The van der Waals surface area contributed by atoms with Crippen LogP contribution in [0.4, 0.5) is 0 Å². The minimum absolute atomic E-state index is 0.0152. The van der Waals surface area contributed by atoms with E-state index in [4.69, 9.17) is 0 Å². The third-order valence-electron chi connectivity index (χ3n) is 3.46. The van der Waals surface area contributed by atoms with Gasteiger partial charge in [0.05, 0.1) is 5.56 Å². The lowest BCUT2D eigenvalue weighted by atomic mass is 10.0. The molecule has 0 saturated heterocycles. The van der Waals surface area contributed by atoms with E-state index >= 15 is 0 Å². The van der Waals surface area contributed by atoms with Crippen molar-refractivity contribution in [3.05, 3.63) is 23.8 Å². The molecular formula is C16H28N2O2. The maximum Gasteiger partial charge on any atom is 0.124 e. The molecule has 1 rings (SSSR count). The highest BCUT2D eigenvalue weighted by Crippen LogP contribution is 2.35. The summed E-state index contributed by atoms with van der Waals surface area (Å²) in [6.45, 7) is 9.18. The minimum Gasteiger partial charge on any atom is -0.507 e. The van der Waals surface area contributed by atoms with Crippen LogP contribution in [0.25, 0.3) is 0 Å². The standard InChI is InChI=1S/C16H28N2O2/c1-12(2)11-18(10-9-17(4)5)13(3)16-14(19)7-6-8-15(16)20/h6-8,12-13,19-20H,9-11H2,1-5H3. The molecule has 0 aliphatic heterocycles. The van der Waals surface area contributed by atoms with Gasteiger partial charge in [-0.05, 0) is 39.1 Å². The number of phenolic OH excluding ortho intramolecular Hbond substituents is 2. The zero-order chi connectivity index (χ0) is 15.3. The number of hydrogen-bond donors (Lipinski definition) is 2. The number of likely N-dealkylation sites (N-methyl/N-ethyl adjacent to an activating group) is 1. The van der Waals surface area contributed by atoms with Crippen molar-refractivity contribution in [2.45, 2.75) is 26.8 Å². The summed E-state index contributed by atoms with van der Waals surface area (Å²) in [4.78, 5) is 4.45. The van der Waals surface area contributed by atoms with Gasteiger partial charge in [-0.15, -0.1) is 0 Å². The van der Waals surface area contributed by atoms with Crippen molar-refractivity contribution < 1.29 is 10.2 Å². The molecule has 0 heterocycles. The topological polar surface area (TPSA) is 46.9 Å². The Morgan fingerprint density at radius 3 is 2.00 bits per heavy atom. The van der Waals surface area contributed by atoms with Crippen LogP contribution >= 0.6 is 0 Å². The van der Waals surface area contributed by atoms with Gasteiger partial charge in [0.1, 0.15) is 11.5 Å². The molecule has 1 aromatic rings. The molecule has 0 spiro atoms. The molecule has 114 valence electrons. The molecule has 0 aliphatic carbocycles. The van der Waals surface area contributed by atoms with E-state index in [1.165, 1.54) is 0 Å². The summed E-state index contributed by atoms with van der Waals surface area (Å²) in [7, 11) is 4.10. The maximum atomic E-state index is 10.0. The quantitative estimate of drug-likeness (QED) is 0.806. The first-order valence-corrected chi connectivity index (χ1v) is 7.22. The lowest BCUT2D eigenvalue weighted by molar-refractivity contribution is 0.166. The molecule has 2 N–H and O–H groups in total. The van der Waals surface area contributed by atoms with Crippen LogP contribution in [0.15, 0.2) is 18.2 Å². The van der Waals surface area contributed by atoms with Gasteiger partial charge in [0.2, 0.25) is 0 Å². The molecule has 1 unspecified atom stereocenters. The van der Waals surface area contributed by atoms with Gasteiger partial charge in [-0.2, -0.15) is 0 Å². The van der Waals surface area contributed by atoms with Crippen molar-refractivity contribution in [1.29, 1.82) is 0 Å². The van der Waals surface area contributed by atoms with Crippen molar-refractivity contribution in [1.82, 2.24) is 9.80 Å². The van der Waals surface area contributed by atoms with Crippen LogP contribution in [0, 0.1) is 5.92 Å². The first kappa shape index (κ1) is 16.8. The van der Waals surface area contributed by atoms with E-state index in [9.17, 15) is 10.2 Å². The van der Waals surface area contributed by atoms with E-state index in [1.807, 2.05) is 6.92 Å². The van der Waals surface area contributed by atoms with E-state index in [1.54, 1.807) is 18.2 Å². The second-order valence-corrected chi connectivity index (χ2v) is 6.08. The summed E-state index contributed by atoms with van der Waals surface area (Å²) < 4.78 is 0. The fraction of sp³-hybridized carbons (Fsp3) is 0.625. The Balaban J connectivity index is 2.93. The highest BCUT2D eigenvalue weighted by atomic mass is 16.3. The Hall–Kier alpha value is -1.26. The van der Waals surface area contributed by atoms with Crippen molar-refractivity contribution in [3.8, 4) is 11.5 Å². The Kier molecular flexibility index (Phi) is 6.30. The fourth-order valence-electron chi connectivity index (χ4n) is 2.39. The lowest BCUT2D eigenvalue weighted by Crippen LogP contribution is -2.36. The van der Waals surface area contributed by atoms with Crippen LogP contribution in [0.1, 0.15) is 32.4 Å². The van der Waals surface area contributed by atoms with Crippen molar-refractivity contribution in [2.75, 3.05) is 33.7 Å². The fourth-order valence-corrected chi connectivity index (χ4v) is 2.39. The largest absolute Gasteiger partial charge is 0.507 e. The van der Waals surface area contributed by atoms with Gasteiger partial charge >= 0.3 is 0 Å². The van der Waals surface area contributed by atoms with E-state index in [2.05, 4.69) is 37.7 Å². The number of nitrogens with zero attached hydrogens (tertiary/aromatic N) is 2. The highest BCUT2D eigenvalue weighted by Gasteiger charge is 2.22. The maximum absolute atomic E-state index is 10.0. The van der Waals surface area contributed by atoms with Crippen molar-refractivity contribution >= 4 is 0 Å². The Bertz CT molecular complexity index is 399. The predicted octanol–water partition coefficient (Wildman–Crippen LogP) is 2.68. The number of hydrogen-bond acceptors (Lipinski definition) is 4. The molecule has 4 heteroatoms. The zero-order valence-electron chi connectivity index (χ0n) is 13.3. The molecule has 0 aliphatic rings. The molecule has 1 aromatic carbocycles. The van der Waals surface area contributed by atoms with Crippen LogP contribution in [0.3, 0.4) is 0 Å². The molecule has 0 amide bonds. The predicted molar refractivity (Wildman–Crippen MR) is 83.2 cm³/mol. The molecule has 20 heavy (non-hydrogen) atoms. The van der Waals surface area contributed by atoms with E-state index in [-0.39, 0.29) is 17.5 Å². The number of phenols is 2. The Morgan fingerprint density at radius 2 is 1.55 bits per heavy atom. The molecule has 0 fully saturated rings. The third-order valence-corrected chi connectivity index (χ3v) is 3.46. The second-order valence-electron chi connectivity index (χ2n) is 6.08. The Morgan fingerprint density at radius 1 is 1.00 bits per heavy atom. The summed E-state index contributed by atoms with van der Waals surface area (Å²) in [6, 6.07) is 4.91. The van der Waals surface area contributed by atoms with Gasteiger partial charge in [0.25, 0.3) is 0 Å². The molecule has 4 nitrogen and oxygen atoms in total. The van der Waals surface area contributed by atoms with Crippen LogP contribution in [0.2, 0.25) is 0 Å². The average molecular weight is 280 g/mol. The summed E-state index contributed by atoms with van der Waals surface area (Å²) in [5.74, 6) is 0.861. The van der Waals surface area contributed by atoms with E-state index in [0.717, 1.165) is 19.6 Å². The van der Waals surface area contributed by atoms with Crippen molar-refractivity contribution in [2.24, 2.45) is 5.92 Å². The zero-order valence-corrected chi connectivity index (χ0v) is 13.3. The number of benzene rings is 1. The summed E-state index contributed by atoms with van der Waals surface area (Å²) >= 11 is 0. The SMILES string of the molecule is CC(C)CN(CCN(C)C)C(C)c1c(O)cccc1O. The molecule has 0 bridgehead atoms. The van der Waals surface area contributed by atoms with Gasteiger partial charge in [-0.3, -0.25) is 4.90 Å². The number of aromatic hydroxyl groups is 2. The van der Waals surface area contributed by atoms with Gasteiger partial charge in [-0.1, -0.05) is 19.9 Å². The lowest BCUT2D eigenvalue weighted by Gasteiger charge is -2.32. The molecule has 1 atom stereocenters. The monoisotopic (exact) mass is 280 g/mol. The third kappa shape index (κ3) is 4.69. The average Bonchev–Trinajstić information content (AvgIpc) is 2.33. The Labute approximate surface area is 122 Å². The second kappa shape index (κ2) is 7.50. The summed E-state index contributed by atoms with van der Waals surface area (Å²) in [6.07, 6.45) is 0. The van der Waals surface area contributed by atoms with E-state index in [0.29, 0.717) is 11.5 Å². The number of rotatable bonds is 7. The first-order valence-electron chi connectivity index (χ1n) is 7.22. The normalized spacial score (nSPS) is 13.4. The molecule has 0 aromatic heterocycles. The first-order chi connectivity index (χ1) is 9.32. The van der Waals surface area contributed by atoms with Crippen LogP contribution < -0.4 is 0 Å². The summed E-state index contributed by atoms with van der Waals surface area (Å²) in [5.41, 5.74) is 0.618. The minimum atomic E-state index is -0.0152. The highest BCUT2D eigenvalue weighted by molar-refractivity contribution is 5.44. The van der Waals surface area contributed by atoms with Crippen LogP contribution in [0.5, 0.6) is 11.5 Å². The summed E-state index contributed by atoms with van der Waals surface area (Å²) in [5, 5.41) is 20.1. The van der Waals surface area contributed by atoms with Crippen LogP contribution in [-0.4, -0.2) is 53.7 Å². The van der Waals surface area contributed by atoms with E-state index < -0.39 is 0 Å². The van der Waals surface area contributed by atoms with Gasteiger partial charge in [0, 0.05) is 25.7 Å². The smallest absolute Gasteiger partial charge is 0.124 e. The van der Waals surface area contributed by atoms with Crippen LogP contribution in [-0.2, 0) is 0 Å². The molecule has 0 radical (unpaired) electrons.